The van der Waals surface area contributed by atoms with Crippen LogP contribution in [-0.4, -0.2) is 35.5 Å². The summed E-state index contributed by atoms with van der Waals surface area (Å²) in [6, 6.07) is 6.52. The van der Waals surface area contributed by atoms with Crippen LogP contribution in [0.25, 0.3) is 0 Å². The molecule has 4 nitrogen and oxygen atoms in total. The third-order valence-corrected chi connectivity index (χ3v) is 3.57. The highest BCUT2D eigenvalue weighted by Crippen LogP contribution is 2.15. The number of hydrogen-bond donors (Lipinski definition) is 1. The Morgan fingerprint density at radius 2 is 1.86 bits per heavy atom. The first-order chi connectivity index (χ1) is 9.82. The molecule has 1 N–H and O–H groups in total. The highest BCUT2D eigenvalue weighted by molar-refractivity contribution is 5.79. The predicted octanol–water partition coefficient (Wildman–Crippen LogP) is 2.57. The van der Waals surface area contributed by atoms with Crippen molar-refractivity contribution in [2.45, 2.75) is 26.7 Å². The molecule has 0 aliphatic rings. The summed E-state index contributed by atoms with van der Waals surface area (Å²) in [5.41, 5.74) is 0.596. The molecule has 2 unspecified atom stereocenters. The largest absolute Gasteiger partial charge is 0.481 e. The second-order valence-corrected chi connectivity index (χ2v) is 5.49. The smallest absolute Gasteiger partial charge is 0.308 e. The fraction of sp³-hybridized carbons (Fsp3) is 0.500. The van der Waals surface area contributed by atoms with Crippen molar-refractivity contribution in [2.75, 3.05) is 13.6 Å². The number of rotatable bonds is 7. The molecule has 1 aromatic rings. The maximum Gasteiger partial charge on any atom is 0.308 e. The van der Waals surface area contributed by atoms with Crippen LogP contribution in [0.5, 0.6) is 0 Å². The van der Waals surface area contributed by atoms with Gasteiger partial charge in [0.25, 0.3) is 0 Å². The van der Waals surface area contributed by atoms with Crippen LogP contribution >= 0.6 is 0 Å². The van der Waals surface area contributed by atoms with Crippen molar-refractivity contribution < 1.29 is 19.1 Å². The van der Waals surface area contributed by atoms with Crippen LogP contribution in [0.3, 0.4) is 0 Å². The molecule has 0 bridgehead atoms. The molecule has 0 aliphatic heterocycles. The number of carbonyl (C=O) groups is 2. The number of hydrogen-bond acceptors (Lipinski definition) is 2. The molecule has 0 aliphatic carbocycles. The topological polar surface area (TPSA) is 57.6 Å². The highest BCUT2D eigenvalue weighted by atomic mass is 19.1. The Morgan fingerprint density at radius 1 is 1.24 bits per heavy atom. The lowest BCUT2D eigenvalue weighted by Crippen LogP contribution is -2.37. The zero-order valence-corrected chi connectivity index (χ0v) is 12.7. The molecule has 2 atom stereocenters. The van der Waals surface area contributed by atoms with Gasteiger partial charge in [-0.1, -0.05) is 32.0 Å². The molecule has 1 aromatic carbocycles. The summed E-state index contributed by atoms with van der Waals surface area (Å²) in [5, 5.41) is 8.85. The van der Waals surface area contributed by atoms with Gasteiger partial charge in [0.1, 0.15) is 5.82 Å². The molecule has 21 heavy (non-hydrogen) atoms. The van der Waals surface area contributed by atoms with E-state index in [4.69, 9.17) is 5.11 Å². The number of amides is 1. The lowest BCUT2D eigenvalue weighted by molar-refractivity contribution is -0.143. The molecular weight excluding hydrogens is 273 g/mol. The number of carboxylic acid groups (broad SMARTS) is 1. The van der Waals surface area contributed by atoms with Crippen LogP contribution in [0, 0.1) is 17.7 Å². The van der Waals surface area contributed by atoms with Crippen molar-refractivity contribution in [1.29, 1.82) is 0 Å². The van der Waals surface area contributed by atoms with Crippen molar-refractivity contribution in [1.82, 2.24) is 4.90 Å². The summed E-state index contributed by atoms with van der Waals surface area (Å²) in [5.74, 6) is -2.16. The quantitative estimate of drug-likeness (QED) is 0.841. The minimum atomic E-state index is -0.923. The first kappa shape index (κ1) is 17.1. The van der Waals surface area contributed by atoms with E-state index in [-0.39, 0.29) is 24.2 Å². The Hall–Kier alpha value is -1.91. The van der Waals surface area contributed by atoms with Crippen molar-refractivity contribution in [3.05, 3.63) is 35.6 Å². The third kappa shape index (κ3) is 5.17. The number of nitrogens with zero attached hydrogens (tertiary/aromatic N) is 1. The van der Waals surface area contributed by atoms with Crippen LogP contribution in [0.2, 0.25) is 0 Å². The van der Waals surface area contributed by atoms with Crippen molar-refractivity contribution >= 4 is 11.9 Å². The predicted molar refractivity (Wildman–Crippen MR) is 78.3 cm³/mol. The molecule has 0 spiro atoms. The molecular formula is C16H22FNO3. The summed E-state index contributed by atoms with van der Waals surface area (Å²) >= 11 is 0. The average molecular weight is 295 g/mol. The van der Waals surface area contributed by atoms with Crippen LogP contribution in [0.1, 0.15) is 25.8 Å². The molecule has 1 rings (SSSR count). The number of carboxylic acids is 1. The van der Waals surface area contributed by atoms with Crippen LogP contribution < -0.4 is 0 Å². The van der Waals surface area contributed by atoms with Gasteiger partial charge >= 0.3 is 5.97 Å². The Kier molecular flexibility index (Phi) is 6.34. The van der Waals surface area contributed by atoms with Gasteiger partial charge in [-0.2, -0.15) is 0 Å². The van der Waals surface area contributed by atoms with Crippen LogP contribution in [0.15, 0.2) is 24.3 Å². The number of halogens is 1. The zero-order valence-electron chi connectivity index (χ0n) is 12.7. The van der Waals surface area contributed by atoms with Gasteiger partial charge in [-0.25, -0.2) is 4.39 Å². The van der Waals surface area contributed by atoms with Crippen molar-refractivity contribution in [2.24, 2.45) is 11.8 Å². The summed E-state index contributed by atoms with van der Waals surface area (Å²) < 4.78 is 13.5. The first-order valence-electron chi connectivity index (χ1n) is 7.04. The Labute approximate surface area is 124 Å². The normalized spacial score (nSPS) is 13.5. The number of aryl methyl sites for hydroxylation is 1. The monoisotopic (exact) mass is 295 g/mol. The van der Waals surface area contributed by atoms with E-state index in [0.29, 0.717) is 18.4 Å². The molecule has 1 amide bonds. The van der Waals surface area contributed by atoms with E-state index in [1.165, 1.54) is 11.0 Å². The van der Waals surface area contributed by atoms with E-state index >= 15 is 0 Å². The van der Waals surface area contributed by atoms with E-state index in [1.807, 2.05) is 0 Å². The minimum absolute atomic E-state index is 0.112. The van der Waals surface area contributed by atoms with Gasteiger partial charge in [-0.05, 0) is 24.5 Å². The van der Waals surface area contributed by atoms with Crippen LogP contribution in [-0.2, 0) is 16.0 Å². The molecule has 5 heteroatoms. The van der Waals surface area contributed by atoms with Crippen molar-refractivity contribution in [3.63, 3.8) is 0 Å². The first-order valence-corrected chi connectivity index (χ1v) is 7.04. The maximum absolute atomic E-state index is 13.5. The molecule has 0 saturated carbocycles. The fourth-order valence-corrected chi connectivity index (χ4v) is 2.15. The van der Waals surface area contributed by atoms with Crippen molar-refractivity contribution in [3.8, 4) is 0 Å². The Bertz CT molecular complexity index is 504. The van der Waals surface area contributed by atoms with Gasteiger partial charge in [0.05, 0.1) is 5.92 Å². The SMILES string of the molecule is CC(CN(C)C(=O)C(C)CCc1ccccc1F)C(=O)O. The highest BCUT2D eigenvalue weighted by Gasteiger charge is 2.21. The molecule has 0 heterocycles. The fourth-order valence-electron chi connectivity index (χ4n) is 2.15. The Balaban J connectivity index is 2.51. The second-order valence-electron chi connectivity index (χ2n) is 5.49. The summed E-state index contributed by atoms with van der Waals surface area (Å²) in [6.45, 7) is 3.53. The van der Waals surface area contributed by atoms with Gasteiger partial charge in [-0.3, -0.25) is 9.59 Å². The minimum Gasteiger partial charge on any atom is -0.481 e. The zero-order chi connectivity index (χ0) is 16.0. The number of aliphatic carboxylic acids is 1. The molecule has 0 saturated heterocycles. The van der Waals surface area contributed by atoms with Gasteiger partial charge in [0.15, 0.2) is 0 Å². The van der Waals surface area contributed by atoms with Gasteiger partial charge in [0.2, 0.25) is 5.91 Å². The standard InChI is InChI=1S/C16H22FNO3/c1-11(8-9-13-6-4-5-7-14(13)17)15(19)18(3)10-12(2)16(20)21/h4-7,11-12H,8-10H2,1-3H3,(H,20,21). The van der Waals surface area contributed by atoms with E-state index in [2.05, 4.69) is 0 Å². The number of benzene rings is 1. The molecule has 0 aromatic heterocycles. The van der Waals surface area contributed by atoms with Crippen LogP contribution in [0.4, 0.5) is 4.39 Å². The second kappa shape index (κ2) is 7.76. The maximum atomic E-state index is 13.5. The third-order valence-electron chi connectivity index (χ3n) is 3.57. The lowest BCUT2D eigenvalue weighted by atomic mass is 9.99. The number of carbonyl (C=O) groups excluding carboxylic acids is 1. The molecule has 0 fully saturated rings. The van der Waals surface area contributed by atoms with E-state index in [1.54, 1.807) is 39.1 Å². The van der Waals surface area contributed by atoms with E-state index < -0.39 is 11.9 Å². The molecule has 116 valence electrons. The van der Waals surface area contributed by atoms with E-state index in [9.17, 15) is 14.0 Å². The summed E-state index contributed by atoms with van der Waals surface area (Å²) in [6.07, 6.45) is 1.02. The lowest BCUT2D eigenvalue weighted by Gasteiger charge is -2.23. The summed E-state index contributed by atoms with van der Waals surface area (Å²) in [7, 11) is 1.60. The average Bonchev–Trinajstić information content (AvgIpc) is 2.44. The van der Waals surface area contributed by atoms with Gasteiger partial charge < -0.3 is 10.0 Å². The van der Waals surface area contributed by atoms with Gasteiger partial charge in [-0.15, -0.1) is 0 Å². The van der Waals surface area contributed by atoms with E-state index in [0.717, 1.165) is 0 Å². The van der Waals surface area contributed by atoms with Gasteiger partial charge in [0, 0.05) is 19.5 Å². The molecule has 0 radical (unpaired) electrons. The Morgan fingerprint density at radius 3 is 2.43 bits per heavy atom. The summed E-state index contributed by atoms with van der Waals surface area (Å²) in [4.78, 5) is 24.4.